The van der Waals surface area contributed by atoms with Gasteiger partial charge in [-0.15, -0.1) is 0 Å². The predicted molar refractivity (Wildman–Crippen MR) is 104 cm³/mol. The Labute approximate surface area is 154 Å². The summed E-state index contributed by atoms with van der Waals surface area (Å²) in [6.07, 6.45) is 3.89. The second-order valence-corrected chi connectivity index (χ2v) is 7.43. The van der Waals surface area contributed by atoms with Gasteiger partial charge in [-0.05, 0) is 49.4 Å². The van der Waals surface area contributed by atoms with Crippen LogP contribution in [-0.2, 0) is 14.8 Å². The molecule has 138 valence electrons. The molecule has 0 radical (unpaired) electrons. The molecule has 2 rings (SSSR count). The highest BCUT2D eigenvalue weighted by atomic mass is 32.2. The van der Waals surface area contributed by atoms with Gasteiger partial charge in [-0.2, -0.15) is 0 Å². The van der Waals surface area contributed by atoms with Crippen LogP contribution in [0.3, 0.4) is 0 Å². The lowest BCUT2D eigenvalue weighted by molar-refractivity contribution is -0.116. The van der Waals surface area contributed by atoms with Crippen LogP contribution in [0.4, 0.5) is 5.69 Å². The Bertz CT molecular complexity index is 832. The van der Waals surface area contributed by atoms with Gasteiger partial charge in [0, 0.05) is 24.9 Å². The molecule has 2 aromatic carbocycles. The number of anilines is 1. The fraction of sp³-hybridized carbons (Fsp3) is 0.211. The highest BCUT2D eigenvalue weighted by molar-refractivity contribution is 7.89. The van der Waals surface area contributed by atoms with Crippen molar-refractivity contribution < 1.29 is 13.2 Å². The molecular weight excluding hydrogens is 350 g/mol. The Morgan fingerprint density at radius 2 is 1.69 bits per heavy atom. The molecule has 0 unspecified atom stereocenters. The average molecular weight is 373 g/mol. The smallest absolute Gasteiger partial charge is 0.244 e. The highest BCUT2D eigenvalue weighted by Crippen LogP contribution is 2.11. The van der Waals surface area contributed by atoms with Gasteiger partial charge in [0.1, 0.15) is 0 Å². The molecule has 0 heterocycles. The molecule has 0 aliphatic rings. The van der Waals surface area contributed by atoms with Crippen LogP contribution in [0.25, 0.3) is 6.08 Å². The largest absolute Gasteiger partial charge is 0.385 e. The average Bonchev–Trinajstić information content (AvgIpc) is 2.67. The third kappa shape index (κ3) is 6.34. The second kappa shape index (κ2) is 9.74. The fourth-order valence-corrected chi connectivity index (χ4v) is 2.93. The van der Waals surface area contributed by atoms with E-state index in [1.54, 1.807) is 18.2 Å². The van der Waals surface area contributed by atoms with E-state index >= 15 is 0 Å². The van der Waals surface area contributed by atoms with E-state index in [2.05, 4.69) is 15.4 Å². The quantitative estimate of drug-likeness (QED) is 0.465. The van der Waals surface area contributed by atoms with E-state index in [1.807, 2.05) is 30.3 Å². The van der Waals surface area contributed by atoms with E-state index in [0.717, 1.165) is 24.2 Å². The van der Waals surface area contributed by atoms with E-state index in [-0.39, 0.29) is 10.8 Å². The number of rotatable bonds is 9. The Morgan fingerprint density at radius 3 is 2.35 bits per heavy atom. The molecule has 0 aliphatic heterocycles. The Hall–Kier alpha value is -2.64. The molecule has 0 bridgehead atoms. The zero-order valence-corrected chi connectivity index (χ0v) is 15.4. The van der Waals surface area contributed by atoms with Gasteiger partial charge in [0.15, 0.2) is 0 Å². The van der Waals surface area contributed by atoms with Gasteiger partial charge < -0.3 is 10.6 Å². The van der Waals surface area contributed by atoms with Crippen LogP contribution in [0.5, 0.6) is 0 Å². The van der Waals surface area contributed by atoms with Crippen molar-refractivity contribution in [3.63, 3.8) is 0 Å². The minimum atomic E-state index is -3.44. The lowest BCUT2D eigenvalue weighted by atomic mass is 10.2. The minimum absolute atomic E-state index is 0.184. The molecule has 0 aromatic heterocycles. The number of para-hydroxylation sites is 1. The monoisotopic (exact) mass is 373 g/mol. The highest BCUT2D eigenvalue weighted by Gasteiger charge is 2.09. The molecule has 6 nitrogen and oxygen atoms in total. The minimum Gasteiger partial charge on any atom is -0.385 e. The van der Waals surface area contributed by atoms with Crippen molar-refractivity contribution in [1.29, 1.82) is 0 Å². The molecular formula is C19H23N3O3S. The van der Waals surface area contributed by atoms with E-state index < -0.39 is 10.0 Å². The number of sulfonamides is 1. The van der Waals surface area contributed by atoms with Gasteiger partial charge in [-0.3, -0.25) is 4.79 Å². The van der Waals surface area contributed by atoms with Gasteiger partial charge in [0.25, 0.3) is 0 Å². The summed E-state index contributed by atoms with van der Waals surface area (Å²) in [5.41, 5.74) is 1.81. The normalized spacial score (nSPS) is 11.4. The SMILES string of the molecule is CNS(=O)(=O)c1ccc(C=CC(=O)NCCCNc2ccccc2)cc1. The molecule has 0 aliphatic carbocycles. The number of carbonyl (C=O) groups excluding carboxylic acids is 1. The topological polar surface area (TPSA) is 87.3 Å². The van der Waals surface area contributed by atoms with Crippen LogP contribution >= 0.6 is 0 Å². The lowest BCUT2D eigenvalue weighted by Gasteiger charge is -2.06. The molecule has 26 heavy (non-hydrogen) atoms. The number of carbonyl (C=O) groups is 1. The molecule has 0 saturated heterocycles. The van der Waals surface area contributed by atoms with Gasteiger partial charge >= 0.3 is 0 Å². The number of hydrogen-bond donors (Lipinski definition) is 3. The molecule has 1 amide bonds. The summed E-state index contributed by atoms with van der Waals surface area (Å²) in [6.45, 7) is 1.35. The Morgan fingerprint density at radius 1 is 1.00 bits per heavy atom. The van der Waals surface area contributed by atoms with Crippen molar-refractivity contribution in [3.05, 3.63) is 66.2 Å². The molecule has 7 heteroatoms. The van der Waals surface area contributed by atoms with Crippen molar-refractivity contribution in [1.82, 2.24) is 10.0 Å². The first-order valence-corrected chi connectivity index (χ1v) is 9.78. The van der Waals surface area contributed by atoms with Crippen LogP contribution in [-0.4, -0.2) is 34.5 Å². The predicted octanol–water partition coefficient (Wildman–Crippen LogP) is 2.23. The van der Waals surface area contributed by atoms with Crippen molar-refractivity contribution in [3.8, 4) is 0 Å². The molecule has 0 atom stereocenters. The summed E-state index contributed by atoms with van der Waals surface area (Å²) in [4.78, 5) is 12.0. The molecule has 3 N–H and O–H groups in total. The van der Waals surface area contributed by atoms with Crippen molar-refractivity contribution >= 4 is 27.7 Å². The van der Waals surface area contributed by atoms with E-state index in [1.165, 1.54) is 25.3 Å². The number of benzene rings is 2. The van der Waals surface area contributed by atoms with E-state index in [4.69, 9.17) is 0 Å². The lowest BCUT2D eigenvalue weighted by Crippen LogP contribution is -2.23. The summed E-state index contributed by atoms with van der Waals surface area (Å²) in [5, 5.41) is 6.09. The number of nitrogens with one attached hydrogen (secondary N) is 3. The standard InChI is InChI=1S/C19H23N3O3S/c1-20-26(24,25)18-11-8-16(9-12-18)10-13-19(23)22-15-5-14-21-17-6-3-2-4-7-17/h2-4,6-13,20-21H,5,14-15H2,1H3,(H,22,23). The summed E-state index contributed by atoms with van der Waals surface area (Å²) in [6, 6.07) is 16.2. The fourth-order valence-electron chi connectivity index (χ4n) is 2.20. The first kappa shape index (κ1) is 19.7. The maximum atomic E-state index is 11.8. The molecule has 0 fully saturated rings. The summed E-state index contributed by atoms with van der Waals surface area (Å²) >= 11 is 0. The van der Waals surface area contributed by atoms with Gasteiger partial charge in [-0.1, -0.05) is 30.3 Å². The van der Waals surface area contributed by atoms with Gasteiger partial charge in [0.2, 0.25) is 15.9 Å². The number of hydrogen-bond acceptors (Lipinski definition) is 4. The third-order valence-corrected chi connectivity index (χ3v) is 5.07. The van der Waals surface area contributed by atoms with Gasteiger partial charge in [0.05, 0.1) is 4.90 Å². The van der Waals surface area contributed by atoms with E-state index in [0.29, 0.717) is 6.54 Å². The summed E-state index contributed by atoms with van der Waals surface area (Å²) in [5.74, 6) is -0.184. The Balaban J connectivity index is 1.72. The second-order valence-electron chi connectivity index (χ2n) is 5.55. The van der Waals surface area contributed by atoms with Crippen molar-refractivity contribution in [2.75, 3.05) is 25.5 Å². The van der Waals surface area contributed by atoms with Gasteiger partial charge in [-0.25, -0.2) is 13.1 Å². The van der Waals surface area contributed by atoms with Crippen LogP contribution in [0.15, 0.2) is 65.6 Å². The first-order valence-electron chi connectivity index (χ1n) is 8.30. The molecule has 2 aromatic rings. The van der Waals surface area contributed by atoms with Crippen LogP contribution in [0, 0.1) is 0 Å². The maximum absolute atomic E-state index is 11.8. The van der Waals surface area contributed by atoms with E-state index in [9.17, 15) is 13.2 Å². The molecule has 0 spiro atoms. The first-order chi connectivity index (χ1) is 12.5. The maximum Gasteiger partial charge on any atom is 0.244 e. The zero-order valence-electron chi connectivity index (χ0n) is 14.6. The molecule has 0 saturated carbocycles. The van der Waals surface area contributed by atoms with Crippen LogP contribution in [0.2, 0.25) is 0 Å². The number of amides is 1. The third-order valence-electron chi connectivity index (χ3n) is 3.64. The van der Waals surface area contributed by atoms with Crippen LogP contribution < -0.4 is 15.4 Å². The summed E-state index contributed by atoms with van der Waals surface area (Å²) < 4.78 is 25.5. The van der Waals surface area contributed by atoms with Crippen molar-refractivity contribution in [2.45, 2.75) is 11.3 Å². The van der Waals surface area contributed by atoms with Crippen LogP contribution in [0.1, 0.15) is 12.0 Å². The Kier molecular flexibility index (Phi) is 7.37. The van der Waals surface area contributed by atoms with Crippen molar-refractivity contribution in [2.24, 2.45) is 0 Å². The summed E-state index contributed by atoms with van der Waals surface area (Å²) in [7, 11) is -2.08. The zero-order chi connectivity index (χ0) is 18.8.